The maximum absolute atomic E-state index is 13.0. The second kappa shape index (κ2) is 6.01. The van der Waals surface area contributed by atoms with Gasteiger partial charge in [-0.25, -0.2) is 8.78 Å². The molecule has 106 valence electrons. The van der Waals surface area contributed by atoms with Crippen LogP contribution in [0.15, 0.2) is 36.4 Å². The molecule has 0 radical (unpaired) electrons. The summed E-state index contributed by atoms with van der Waals surface area (Å²) in [6.45, 7) is 3.76. The van der Waals surface area contributed by atoms with E-state index in [2.05, 4.69) is 0 Å². The van der Waals surface area contributed by atoms with Crippen molar-refractivity contribution in [3.8, 4) is 5.75 Å². The van der Waals surface area contributed by atoms with Gasteiger partial charge in [0.1, 0.15) is 30.1 Å². The number of aliphatic hydroxyl groups excluding tert-OH is 1. The van der Waals surface area contributed by atoms with Crippen molar-refractivity contribution >= 4 is 0 Å². The van der Waals surface area contributed by atoms with E-state index in [0.29, 0.717) is 0 Å². The monoisotopic (exact) mass is 278 g/mol. The third-order valence-electron chi connectivity index (χ3n) is 3.04. The predicted molar refractivity (Wildman–Crippen MR) is 72.7 cm³/mol. The van der Waals surface area contributed by atoms with Gasteiger partial charge in [0.2, 0.25) is 0 Å². The van der Waals surface area contributed by atoms with Crippen LogP contribution in [0.4, 0.5) is 8.78 Å². The summed E-state index contributed by atoms with van der Waals surface area (Å²) in [5, 5.41) is 10.1. The lowest BCUT2D eigenvalue weighted by molar-refractivity contribution is 0.107. The minimum Gasteiger partial charge on any atom is -0.490 e. The fraction of sp³-hybridized carbons (Fsp3) is 0.250. The first kappa shape index (κ1) is 14.5. The number of benzene rings is 2. The molecule has 0 bridgehead atoms. The molecule has 0 saturated carbocycles. The van der Waals surface area contributed by atoms with Crippen LogP contribution < -0.4 is 4.74 Å². The number of hydrogen-bond acceptors (Lipinski definition) is 2. The fourth-order valence-electron chi connectivity index (χ4n) is 2.00. The van der Waals surface area contributed by atoms with Crippen LogP contribution in [0.1, 0.15) is 22.8 Å². The molecule has 20 heavy (non-hydrogen) atoms. The van der Waals surface area contributed by atoms with Crippen molar-refractivity contribution in [1.82, 2.24) is 0 Å². The average Bonchev–Trinajstić information content (AvgIpc) is 2.38. The van der Waals surface area contributed by atoms with Crippen LogP contribution in [0.5, 0.6) is 5.75 Å². The number of halogens is 2. The van der Waals surface area contributed by atoms with Gasteiger partial charge < -0.3 is 9.84 Å². The van der Waals surface area contributed by atoms with Gasteiger partial charge in [-0.05, 0) is 25.0 Å². The van der Waals surface area contributed by atoms with E-state index in [0.717, 1.165) is 34.9 Å². The van der Waals surface area contributed by atoms with Crippen molar-refractivity contribution in [2.24, 2.45) is 0 Å². The summed E-state index contributed by atoms with van der Waals surface area (Å²) >= 11 is 0. The van der Waals surface area contributed by atoms with Crippen molar-refractivity contribution in [1.29, 1.82) is 0 Å². The third-order valence-corrected chi connectivity index (χ3v) is 3.04. The van der Waals surface area contributed by atoms with Crippen molar-refractivity contribution in [2.75, 3.05) is 6.61 Å². The zero-order valence-corrected chi connectivity index (χ0v) is 11.4. The zero-order chi connectivity index (χ0) is 14.7. The Kier molecular flexibility index (Phi) is 4.35. The molecular weight excluding hydrogens is 262 g/mol. The van der Waals surface area contributed by atoms with Gasteiger partial charge in [0.15, 0.2) is 0 Å². The van der Waals surface area contributed by atoms with Crippen molar-refractivity contribution in [3.63, 3.8) is 0 Å². The summed E-state index contributed by atoms with van der Waals surface area (Å²) in [6, 6.07) is 8.67. The number of ether oxygens (including phenoxy) is 1. The third kappa shape index (κ3) is 3.54. The summed E-state index contributed by atoms with van der Waals surface area (Å²) in [5.74, 6) is -1.35. The highest BCUT2D eigenvalue weighted by atomic mass is 19.1. The Balaban J connectivity index is 2.08. The molecule has 0 spiro atoms. The molecule has 0 aliphatic carbocycles. The van der Waals surface area contributed by atoms with Crippen LogP contribution in [0.3, 0.4) is 0 Å². The number of rotatable bonds is 4. The maximum atomic E-state index is 13.0. The highest BCUT2D eigenvalue weighted by Gasteiger charge is 2.12. The second-order valence-corrected chi connectivity index (χ2v) is 4.79. The van der Waals surface area contributed by atoms with E-state index in [9.17, 15) is 13.9 Å². The Hall–Kier alpha value is -1.94. The van der Waals surface area contributed by atoms with Gasteiger partial charge >= 0.3 is 0 Å². The van der Waals surface area contributed by atoms with E-state index in [1.54, 1.807) is 0 Å². The smallest absolute Gasteiger partial charge is 0.129 e. The molecule has 0 heterocycles. The summed E-state index contributed by atoms with van der Waals surface area (Å²) in [5.41, 5.74) is 2.72. The molecule has 1 N–H and O–H groups in total. The molecule has 2 aromatic carbocycles. The lowest BCUT2D eigenvalue weighted by Crippen LogP contribution is -2.11. The first-order valence-electron chi connectivity index (χ1n) is 6.30. The van der Waals surface area contributed by atoms with Gasteiger partial charge in [-0.15, -0.1) is 0 Å². The van der Waals surface area contributed by atoms with Crippen molar-refractivity contribution < 1.29 is 18.6 Å². The van der Waals surface area contributed by atoms with Crippen LogP contribution in [0.2, 0.25) is 0 Å². The highest BCUT2D eigenvalue weighted by molar-refractivity contribution is 5.32. The van der Waals surface area contributed by atoms with E-state index in [1.807, 2.05) is 32.0 Å². The standard InChI is InChI=1S/C16H16F2O2/c1-10-3-4-11(2)15(5-10)16(19)9-20-14-7-12(17)6-13(18)8-14/h3-8,16,19H,9H2,1-2H3. The molecule has 2 nitrogen and oxygen atoms in total. The van der Waals surface area contributed by atoms with Crippen LogP contribution in [0.25, 0.3) is 0 Å². The van der Waals surface area contributed by atoms with Crippen LogP contribution in [-0.4, -0.2) is 11.7 Å². The maximum Gasteiger partial charge on any atom is 0.129 e. The molecule has 0 aliphatic heterocycles. The molecule has 0 fully saturated rings. The SMILES string of the molecule is Cc1ccc(C)c(C(O)COc2cc(F)cc(F)c2)c1. The topological polar surface area (TPSA) is 29.5 Å². The normalized spacial score (nSPS) is 12.2. The lowest BCUT2D eigenvalue weighted by atomic mass is 10.0. The van der Waals surface area contributed by atoms with E-state index >= 15 is 0 Å². The highest BCUT2D eigenvalue weighted by Crippen LogP contribution is 2.22. The van der Waals surface area contributed by atoms with Gasteiger partial charge in [0, 0.05) is 18.2 Å². The fourth-order valence-corrected chi connectivity index (χ4v) is 2.00. The molecule has 2 rings (SSSR count). The molecule has 1 unspecified atom stereocenters. The molecule has 0 amide bonds. The minimum absolute atomic E-state index is 0.0619. The summed E-state index contributed by atoms with van der Waals surface area (Å²) in [4.78, 5) is 0. The van der Waals surface area contributed by atoms with Gasteiger partial charge in [0.25, 0.3) is 0 Å². The second-order valence-electron chi connectivity index (χ2n) is 4.79. The van der Waals surface area contributed by atoms with Crippen LogP contribution in [0, 0.1) is 25.5 Å². The van der Waals surface area contributed by atoms with Crippen LogP contribution in [-0.2, 0) is 0 Å². The molecule has 4 heteroatoms. The Morgan fingerprint density at radius 1 is 1.05 bits per heavy atom. The number of aryl methyl sites for hydroxylation is 2. The van der Waals surface area contributed by atoms with E-state index in [-0.39, 0.29) is 12.4 Å². The molecule has 1 atom stereocenters. The minimum atomic E-state index is -0.846. The Labute approximate surface area is 116 Å². The number of hydrogen-bond donors (Lipinski definition) is 1. The first-order valence-corrected chi connectivity index (χ1v) is 6.30. The first-order chi connectivity index (χ1) is 9.45. The van der Waals surface area contributed by atoms with Crippen molar-refractivity contribution in [2.45, 2.75) is 20.0 Å². The van der Waals surface area contributed by atoms with Gasteiger partial charge in [-0.3, -0.25) is 0 Å². The van der Waals surface area contributed by atoms with Crippen molar-refractivity contribution in [3.05, 3.63) is 64.7 Å². The molecule has 0 aromatic heterocycles. The number of aliphatic hydroxyl groups is 1. The van der Waals surface area contributed by atoms with E-state index < -0.39 is 17.7 Å². The summed E-state index contributed by atoms with van der Waals surface area (Å²) in [7, 11) is 0. The lowest BCUT2D eigenvalue weighted by Gasteiger charge is -2.15. The molecule has 2 aromatic rings. The zero-order valence-electron chi connectivity index (χ0n) is 11.4. The Morgan fingerprint density at radius 2 is 1.70 bits per heavy atom. The van der Waals surface area contributed by atoms with Crippen LogP contribution >= 0.6 is 0 Å². The quantitative estimate of drug-likeness (QED) is 0.924. The molecular formula is C16H16F2O2. The van der Waals surface area contributed by atoms with Gasteiger partial charge in [-0.1, -0.05) is 23.8 Å². The van der Waals surface area contributed by atoms with Gasteiger partial charge in [0.05, 0.1) is 0 Å². The van der Waals surface area contributed by atoms with E-state index in [1.165, 1.54) is 0 Å². The molecule has 0 saturated heterocycles. The summed E-state index contributed by atoms with van der Waals surface area (Å²) in [6.07, 6.45) is -0.846. The molecule has 0 aliphatic rings. The largest absolute Gasteiger partial charge is 0.490 e. The van der Waals surface area contributed by atoms with E-state index in [4.69, 9.17) is 4.74 Å². The average molecular weight is 278 g/mol. The predicted octanol–water partition coefficient (Wildman–Crippen LogP) is 3.69. The Morgan fingerprint density at radius 3 is 2.35 bits per heavy atom. The van der Waals surface area contributed by atoms with Gasteiger partial charge in [-0.2, -0.15) is 0 Å². The summed E-state index contributed by atoms with van der Waals surface area (Å²) < 4.78 is 31.3. The Bertz CT molecular complexity index is 591.